The molecule has 0 aliphatic carbocycles. The van der Waals surface area contributed by atoms with Gasteiger partial charge in [0.25, 0.3) is 11.5 Å². The van der Waals surface area contributed by atoms with Gasteiger partial charge in [0.05, 0.1) is 12.2 Å². The Kier molecular flexibility index (Phi) is 5.44. The fourth-order valence-corrected chi connectivity index (χ4v) is 3.60. The van der Waals surface area contributed by atoms with Crippen molar-refractivity contribution in [2.24, 2.45) is 0 Å². The predicted octanol–water partition coefficient (Wildman–Crippen LogP) is 0.860. The number of pyridine rings is 1. The van der Waals surface area contributed by atoms with E-state index in [9.17, 15) is 9.59 Å². The molecule has 7 heteroatoms. The SMILES string of the molecule is O=C(c1ccc(=O)n(CCO)c1)N1CCN(Cc2cccs2)CC1. The molecule has 2 aromatic heterocycles. The molecule has 3 rings (SSSR count). The summed E-state index contributed by atoms with van der Waals surface area (Å²) in [6.45, 7) is 4.07. The van der Waals surface area contributed by atoms with Gasteiger partial charge in [-0.3, -0.25) is 14.5 Å². The van der Waals surface area contributed by atoms with Gasteiger partial charge in [-0.25, -0.2) is 0 Å². The molecule has 128 valence electrons. The lowest BCUT2D eigenvalue weighted by molar-refractivity contribution is 0.0628. The maximum atomic E-state index is 12.6. The van der Waals surface area contributed by atoms with Crippen molar-refractivity contribution in [2.45, 2.75) is 13.1 Å². The van der Waals surface area contributed by atoms with E-state index >= 15 is 0 Å². The quantitative estimate of drug-likeness (QED) is 0.871. The number of carbonyl (C=O) groups excluding carboxylic acids is 1. The molecule has 3 heterocycles. The number of aliphatic hydroxyl groups is 1. The molecule has 1 saturated heterocycles. The third-order valence-corrected chi connectivity index (χ3v) is 5.05. The number of hydrogen-bond acceptors (Lipinski definition) is 5. The number of carbonyl (C=O) groups is 1. The first-order chi connectivity index (χ1) is 11.7. The van der Waals surface area contributed by atoms with E-state index in [-0.39, 0.29) is 24.6 Å². The molecular weight excluding hydrogens is 326 g/mol. The molecule has 0 radical (unpaired) electrons. The summed E-state index contributed by atoms with van der Waals surface area (Å²) in [6, 6.07) is 7.14. The largest absolute Gasteiger partial charge is 0.395 e. The lowest BCUT2D eigenvalue weighted by Gasteiger charge is -2.34. The highest BCUT2D eigenvalue weighted by Gasteiger charge is 2.22. The summed E-state index contributed by atoms with van der Waals surface area (Å²) in [6.07, 6.45) is 1.54. The number of piperazine rings is 1. The second kappa shape index (κ2) is 7.74. The Morgan fingerprint density at radius 1 is 1.17 bits per heavy atom. The number of nitrogens with zero attached hydrogens (tertiary/aromatic N) is 3. The van der Waals surface area contributed by atoms with Crippen LogP contribution in [-0.4, -0.2) is 58.2 Å². The zero-order valence-electron chi connectivity index (χ0n) is 13.4. The van der Waals surface area contributed by atoms with Crippen LogP contribution in [0.3, 0.4) is 0 Å². The average Bonchev–Trinajstić information content (AvgIpc) is 3.10. The van der Waals surface area contributed by atoms with Gasteiger partial charge in [-0.05, 0) is 17.5 Å². The minimum atomic E-state index is -0.207. The molecule has 0 aromatic carbocycles. The Morgan fingerprint density at radius 3 is 2.62 bits per heavy atom. The lowest BCUT2D eigenvalue weighted by Crippen LogP contribution is -2.48. The van der Waals surface area contributed by atoms with Crippen LogP contribution in [0.2, 0.25) is 0 Å². The van der Waals surface area contributed by atoms with E-state index < -0.39 is 0 Å². The van der Waals surface area contributed by atoms with E-state index in [0.29, 0.717) is 18.7 Å². The van der Waals surface area contributed by atoms with Crippen LogP contribution in [-0.2, 0) is 13.1 Å². The summed E-state index contributed by atoms with van der Waals surface area (Å²) in [4.78, 5) is 29.8. The zero-order chi connectivity index (χ0) is 16.9. The lowest BCUT2D eigenvalue weighted by atomic mass is 10.2. The van der Waals surface area contributed by atoms with Crippen LogP contribution in [0.1, 0.15) is 15.2 Å². The van der Waals surface area contributed by atoms with Gasteiger partial charge in [-0.1, -0.05) is 6.07 Å². The van der Waals surface area contributed by atoms with Crippen LogP contribution in [0, 0.1) is 0 Å². The highest BCUT2D eigenvalue weighted by Crippen LogP contribution is 2.14. The minimum Gasteiger partial charge on any atom is -0.395 e. The molecule has 2 aromatic rings. The summed E-state index contributed by atoms with van der Waals surface area (Å²) in [5.41, 5.74) is 0.288. The Balaban J connectivity index is 1.60. The zero-order valence-corrected chi connectivity index (χ0v) is 14.2. The third-order valence-electron chi connectivity index (χ3n) is 4.19. The second-order valence-electron chi connectivity index (χ2n) is 5.82. The number of thiophene rings is 1. The van der Waals surface area contributed by atoms with E-state index in [1.165, 1.54) is 15.5 Å². The van der Waals surface area contributed by atoms with Gasteiger partial charge in [0, 0.05) is 56.4 Å². The smallest absolute Gasteiger partial charge is 0.255 e. The molecule has 6 nitrogen and oxygen atoms in total. The summed E-state index contributed by atoms with van der Waals surface area (Å²) in [5.74, 6) is -0.0579. The van der Waals surface area contributed by atoms with Gasteiger partial charge in [0.1, 0.15) is 0 Å². The predicted molar refractivity (Wildman–Crippen MR) is 93.3 cm³/mol. The van der Waals surface area contributed by atoms with E-state index in [0.717, 1.165) is 19.6 Å². The van der Waals surface area contributed by atoms with Crippen molar-refractivity contribution in [3.63, 3.8) is 0 Å². The fraction of sp³-hybridized carbons (Fsp3) is 0.412. The standard InChI is InChI=1S/C17H21N3O3S/c21-10-9-20-12-14(3-4-16(20)22)17(23)19-7-5-18(6-8-19)13-15-2-1-11-24-15/h1-4,11-12,21H,5-10,13H2. The summed E-state index contributed by atoms with van der Waals surface area (Å²) < 4.78 is 1.38. The molecule has 0 unspecified atom stereocenters. The number of hydrogen-bond donors (Lipinski definition) is 1. The normalized spacial score (nSPS) is 15.6. The molecule has 0 atom stereocenters. The second-order valence-corrected chi connectivity index (χ2v) is 6.85. The Morgan fingerprint density at radius 2 is 1.96 bits per heavy atom. The highest BCUT2D eigenvalue weighted by molar-refractivity contribution is 7.09. The van der Waals surface area contributed by atoms with Crippen molar-refractivity contribution >= 4 is 17.2 Å². The molecule has 1 fully saturated rings. The maximum absolute atomic E-state index is 12.6. The summed E-state index contributed by atoms with van der Waals surface area (Å²) in [7, 11) is 0. The van der Waals surface area contributed by atoms with Crippen molar-refractivity contribution < 1.29 is 9.90 Å². The van der Waals surface area contributed by atoms with E-state index in [1.54, 1.807) is 23.6 Å². The highest BCUT2D eigenvalue weighted by atomic mass is 32.1. The van der Waals surface area contributed by atoms with E-state index in [1.807, 2.05) is 4.90 Å². The minimum absolute atomic E-state index is 0.0579. The van der Waals surface area contributed by atoms with Gasteiger partial charge in [-0.15, -0.1) is 11.3 Å². The fourth-order valence-electron chi connectivity index (χ4n) is 2.85. The van der Waals surface area contributed by atoms with E-state index in [2.05, 4.69) is 22.4 Å². The first-order valence-electron chi connectivity index (χ1n) is 8.03. The van der Waals surface area contributed by atoms with Crippen LogP contribution in [0.4, 0.5) is 0 Å². The molecule has 0 bridgehead atoms. The molecular formula is C17H21N3O3S. The Bertz CT molecular complexity index is 734. The Hall–Kier alpha value is -1.96. The Labute approximate surface area is 144 Å². The van der Waals surface area contributed by atoms with Crippen molar-refractivity contribution in [1.29, 1.82) is 0 Å². The molecule has 0 spiro atoms. The number of rotatable bonds is 5. The molecule has 1 aliphatic heterocycles. The first-order valence-corrected chi connectivity index (χ1v) is 8.90. The number of aromatic nitrogens is 1. The van der Waals surface area contributed by atoms with Crippen LogP contribution < -0.4 is 5.56 Å². The maximum Gasteiger partial charge on any atom is 0.255 e. The third kappa shape index (κ3) is 3.92. The molecule has 1 amide bonds. The monoisotopic (exact) mass is 347 g/mol. The van der Waals surface area contributed by atoms with E-state index in [4.69, 9.17) is 5.11 Å². The number of aliphatic hydroxyl groups excluding tert-OH is 1. The average molecular weight is 347 g/mol. The topological polar surface area (TPSA) is 65.8 Å². The van der Waals surface area contributed by atoms with Gasteiger partial charge in [0.2, 0.25) is 0 Å². The van der Waals surface area contributed by atoms with Gasteiger partial charge in [-0.2, -0.15) is 0 Å². The van der Waals surface area contributed by atoms with Crippen LogP contribution in [0.15, 0.2) is 40.6 Å². The summed E-state index contributed by atoms with van der Waals surface area (Å²) >= 11 is 1.75. The van der Waals surface area contributed by atoms with Gasteiger partial charge >= 0.3 is 0 Å². The molecule has 24 heavy (non-hydrogen) atoms. The van der Waals surface area contributed by atoms with Gasteiger partial charge in [0.15, 0.2) is 0 Å². The van der Waals surface area contributed by atoms with Gasteiger partial charge < -0.3 is 14.6 Å². The van der Waals surface area contributed by atoms with Crippen molar-refractivity contribution in [2.75, 3.05) is 32.8 Å². The molecule has 1 aliphatic rings. The molecule has 1 N–H and O–H groups in total. The van der Waals surface area contributed by atoms with Crippen LogP contribution in [0.5, 0.6) is 0 Å². The molecule has 0 saturated carbocycles. The summed E-state index contributed by atoms with van der Waals surface area (Å²) in [5, 5.41) is 11.1. The van der Waals surface area contributed by atoms with Crippen molar-refractivity contribution in [1.82, 2.24) is 14.4 Å². The van der Waals surface area contributed by atoms with Crippen molar-refractivity contribution in [3.8, 4) is 0 Å². The van der Waals surface area contributed by atoms with Crippen LogP contribution >= 0.6 is 11.3 Å². The van der Waals surface area contributed by atoms with Crippen LogP contribution in [0.25, 0.3) is 0 Å². The first kappa shape index (κ1) is 16.9. The van der Waals surface area contributed by atoms with Crippen molar-refractivity contribution in [3.05, 3.63) is 56.6 Å². The number of amides is 1.